The Balaban J connectivity index is 1.97. The molecule has 3 aromatic carbocycles. The van der Waals surface area contributed by atoms with E-state index in [2.05, 4.69) is 15.2 Å². The average Bonchev–Trinajstić information content (AvgIpc) is 2.72. The lowest BCUT2D eigenvalue weighted by molar-refractivity contribution is -0.385. The first-order chi connectivity index (χ1) is 14.7. The molecule has 31 heavy (non-hydrogen) atoms. The summed E-state index contributed by atoms with van der Waals surface area (Å²) < 4.78 is 28.1. The van der Waals surface area contributed by atoms with E-state index in [-0.39, 0.29) is 27.7 Å². The van der Waals surface area contributed by atoms with E-state index in [0.717, 1.165) is 18.3 Å². The molecule has 4 N–H and O–H groups in total. The summed E-state index contributed by atoms with van der Waals surface area (Å²) in [6.07, 6.45) is 1.15. The number of nitrogens with one attached hydrogen (secondary N) is 2. The first-order valence-corrected chi connectivity index (χ1v) is 10.4. The Hall–Kier alpha value is -3.83. The zero-order chi connectivity index (χ0) is 22.6. The van der Waals surface area contributed by atoms with E-state index in [1.165, 1.54) is 36.4 Å². The van der Waals surface area contributed by atoms with Crippen LogP contribution in [0.3, 0.4) is 0 Å². The monoisotopic (exact) mass is 462 g/mol. The summed E-state index contributed by atoms with van der Waals surface area (Å²) in [5.41, 5.74) is 2.22. The number of para-hydroxylation sites is 2. The molecule has 0 heterocycles. The molecule has 12 heteroatoms. The highest BCUT2D eigenvalue weighted by molar-refractivity contribution is 7.93. The molecule has 0 saturated carbocycles. The van der Waals surface area contributed by atoms with Gasteiger partial charge in [-0.25, -0.2) is 8.42 Å². The van der Waals surface area contributed by atoms with Crippen LogP contribution in [0.2, 0.25) is 5.02 Å². The summed E-state index contributed by atoms with van der Waals surface area (Å²) >= 11 is 6.00. The van der Waals surface area contributed by atoms with E-state index in [1.807, 2.05) is 0 Å². The second-order valence-corrected chi connectivity index (χ2v) is 8.17. The summed E-state index contributed by atoms with van der Waals surface area (Å²) in [4.78, 5) is 9.96. The third kappa shape index (κ3) is 5.02. The van der Waals surface area contributed by atoms with Gasteiger partial charge in [-0.3, -0.25) is 20.3 Å². The molecule has 0 aromatic heterocycles. The number of phenols is 2. The maximum atomic E-state index is 12.9. The predicted octanol–water partition coefficient (Wildman–Crippen LogP) is 3.91. The van der Waals surface area contributed by atoms with Gasteiger partial charge in [0.15, 0.2) is 11.5 Å². The smallest absolute Gasteiger partial charge is 0.270 e. The van der Waals surface area contributed by atoms with Crippen LogP contribution >= 0.6 is 11.6 Å². The zero-order valence-electron chi connectivity index (χ0n) is 15.6. The maximum Gasteiger partial charge on any atom is 0.270 e. The first kappa shape index (κ1) is 21.9. The molecule has 0 spiro atoms. The van der Waals surface area contributed by atoms with E-state index < -0.39 is 31.3 Å². The van der Waals surface area contributed by atoms with Gasteiger partial charge in [0.25, 0.3) is 15.7 Å². The lowest BCUT2D eigenvalue weighted by Crippen LogP contribution is -2.15. The number of aromatic hydroxyl groups is 2. The van der Waals surface area contributed by atoms with Crippen molar-refractivity contribution >= 4 is 44.9 Å². The molecule has 160 valence electrons. The topological polar surface area (TPSA) is 154 Å². The molecule has 0 radical (unpaired) electrons. The molecule has 10 nitrogen and oxygen atoms in total. The minimum atomic E-state index is -4.30. The number of hydrazone groups is 1. The van der Waals surface area contributed by atoms with E-state index in [9.17, 15) is 28.7 Å². The van der Waals surface area contributed by atoms with Gasteiger partial charge in [0.2, 0.25) is 0 Å². The lowest BCUT2D eigenvalue weighted by Gasteiger charge is -2.13. The predicted molar refractivity (Wildman–Crippen MR) is 116 cm³/mol. The summed E-state index contributed by atoms with van der Waals surface area (Å²) in [5.74, 6) is -0.767. The third-order valence-corrected chi connectivity index (χ3v) is 5.75. The molecule has 0 amide bonds. The molecule has 0 atom stereocenters. The molecule has 0 fully saturated rings. The fourth-order valence-electron chi connectivity index (χ4n) is 2.51. The Bertz CT molecular complexity index is 1280. The minimum Gasteiger partial charge on any atom is -0.504 e. The minimum absolute atomic E-state index is 0.0685. The van der Waals surface area contributed by atoms with Crippen LogP contribution < -0.4 is 10.1 Å². The Morgan fingerprint density at radius 3 is 2.48 bits per heavy atom. The first-order valence-electron chi connectivity index (χ1n) is 8.55. The zero-order valence-corrected chi connectivity index (χ0v) is 17.1. The van der Waals surface area contributed by atoms with Gasteiger partial charge in [0.05, 0.1) is 27.5 Å². The van der Waals surface area contributed by atoms with Crippen molar-refractivity contribution in [3.63, 3.8) is 0 Å². The Morgan fingerprint density at radius 2 is 1.77 bits per heavy atom. The SMILES string of the molecule is O=[N+]([O-])c1ccc(N/N=C/c2cccc(O)c2O)c(S(=O)(=O)Nc2ccccc2Cl)c1. The fourth-order valence-corrected chi connectivity index (χ4v) is 4.00. The Kier molecular flexibility index (Phi) is 6.28. The van der Waals surface area contributed by atoms with Crippen LogP contribution in [0.25, 0.3) is 0 Å². The number of nitro benzene ring substituents is 1. The highest BCUT2D eigenvalue weighted by Crippen LogP contribution is 2.31. The van der Waals surface area contributed by atoms with Crippen molar-refractivity contribution in [3.8, 4) is 11.5 Å². The molecule has 3 rings (SSSR count). The Labute approximate surface area is 181 Å². The lowest BCUT2D eigenvalue weighted by atomic mass is 10.2. The van der Waals surface area contributed by atoms with E-state index >= 15 is 0 Å². The second kappa shape index (κ2) is 8.90. The van der Waals surface area contributed by atoms with Gasteiger partial charge in [-0.15, -0.1) is 0 Å². The quantitative estimate of drug-likeness (QED) is 0.179. The van der Waals surface area contributed by atoms with Gasteiger partial charge in [0.1, 0.15) is 4.90 Å². The van der Waals surface area contributed by atoms with E-state index in [1.54, 1.807) is 12.1 Å². The van der Waals surface area contributed by atoms with Crippen LogP contribution in [0.5, 0.6) is 11.5 Å². The molecule has 0 bridgehead atoms. The van der Waals surface area contributed by atoms with Gasteiger partial charge >= 0.3 is 0 Å². The van der Waals surface area contributed by atoms with Gasteiger partial charge in [0, 0.05) is 17.7 Å². The van der Waals surface area contributed by atoms with Gasteiger partial charge in [-0.2, -0.15) is 5.10 Å². The molecule has 0 aliphatic carbocycles. The summed E-state index contributed by atoms with van der Waals surface area (Å²) in [6.45, 7) is 0. The van der Waals surface area contributed by atoms with Crippen molar-refractivity contribution in [2.24, 2.45) is 5.10 Å². The number of anilines is 2. The van der Waals surface area contributed by atoms with Crippen molar-refractivity contribution in [1.82, 2.24) is 0 Å². The van der Waals surface area contributed by atoms with E-state index in [0.29, 0.717) is 0 Å². The highest BCUT2D eigenvalue weighted by atomic mass is 35.5. The van der Waals surface area contributed by atoms with Crippen molar-refractivity contribution in [3.05, 3.63) is 81.4 Å². The summed E-state index contributed by atoms with van der Waals surface area (Å²) in [5, 5.41) is 34.5. The number of hydrogen-bond acceptors (Lipinski definition) is 8. The van der Waals surface area contributed by atoms with Crippen molar-refractivity contribution < 1.29 is 23.6 Å². The van der Waals surface area contributed by atoms with E-state index in [4.69, 9.17) is 11.6 Å². The molecule has 0 saturated heterocycles. The number of nitrogens with zero attached hydrogens (tertiary/aromatic N) is 2. The number of non-ortho nitro benzene ring substituents is 1. The second-order valence-electron chi connectivity index (χ2n) is 6.11. The highest BCUT2D eigenvalue weighted by Gasteiger charge is 2.23. The molecule has 3 aromatic rings. The fraction of sp³-hybridized carbons (Fsp3) is 0. The largest absolute Gasteiger partial charge is 0.504 e. The number of rotatable bonds is 7. The average molecular weight is 463 g/mol. The normalized spacial score (nSPS) is 11.4. The standard InChI is InChI=1S/C19H15ClN4O6S/c20-14-5-1-2-6-15(14)23-31(29,30)18-10-13(24(27)28)8-9-16(18)22-21-11-12-4-3-7-17(25)19(12)26/h1-11,22-23,25-26H/b21-11+. The van der Waals surface area contributed by atoms with Gasteiger partial charge < -0.3 is 10.2 Å². The van der Waals surface area contributed by atoms with Crippen molar-refractivity contribution in [2.45, 2.75) is 4.90 Å². The molecule has 0 aliphatic rings. The number of phenolic OH excluding ortho intramolecular Hbond substituents is 2. The van der Waals surface area contributed by atoms with Gasteiger partial charge in [-0.1, -0.05) is 29.8 Å². The van der Waals surface area contributed by atoms with Crippen LogP contribution in [0.4, 0.5) is 17.1 Å². The van der Waals surface area contributed by atoms with Crippen LogP contribution in [-0.2, 0) is 10.0 Å². The van der Waals surface area contributed by atoms with Crippen LogP contribution in [0.15, 0.2) is 70.7 Å². The maximum absolute atomic E-state index is 12.9. The number of benzene rings is 3. The van der Waals surface area contributed by atoms with Crippen LogP contribution in [0.1, 0.15) is 5.56 Å². The number of nitro groups is 1. The molecular formula is C19H15ClN4O6S. The summed E-state index contributed by atoms with van der Waals surface area (Å²) in [7, 11) is -4.30. The van der Waals surface area contributed by atoms with Crippen molar-refractivity contribution in [2.75, 3.05) is 10.1 Å². The number of hydrogen-bond donors (Lipinski definition) is 4. The molecule has 0 aliphatic heterocycles. The number of halogens is 1. The third-order valence-electron chi connectivity index (χ3n) is 4.02. The number of sulfonamides is 1. The molecular weight excluding hydrogens is 448 g/mol. The van der Waals surface area contributed by atoms with Crippen molar-refractivity contribution in [1.29, 1.82) is 0 Å². The summed E-state index contributed by atoms with van der Waals surface area (Å²) in [6, 6.07) is 13.5. The van der Waals surface area contributed by atoms with Crippen LogP contribution in [0, 0.1) is 10.1 Å². The van der Waals surface area contributed by atoms with Crippen LogP contribution in [-0.4, -0.2) is 29.8 Å². The Morgan fingerprint density at radius 1 is 1.03 bits per heavy atom. The molecule has 0 unspecified atom stereocenters. The van der Waals surface area contributed by atoms with Gasteiger partial charge in [-0.05, 0) is 30.3 Å².